The summed E-state index contributed by atoms with van der Waals surface area (Å²) in [6.45, 7) is 12.0. The second-order valence-corrected chi connectivity index (χ2v) is 6.61. The van der Waals surface area contributed by atoms with E-state index in [1.807, 2.05) is 41.5 Å². The zero-order valence-electron chi connectivity index (χ0n) is 11.2. The van der Waals surface area contributed by atoms with Crippen LogP contribution in [0.2, 0.25) is 0 Å². The molecule has 98 valence electrons. The molecule has 0 atom stereocenters. The van der Waals surface area contributed by atoms with Crippen LogP contribution in [0.15, 0.2) is 11.1 Å². The van der Waals surface area contributed by atoms with Gasteiger partial charge in [0, 0.05) is 12.8 Å². The summed E-state index contributed by atoms with van der Waals surface area (Å²) in [6.07, 6.45) is 0.975. The fourth-order valence-electron chi connectivity index (χ4n) is 2.06. The minimum Gasteiger partial charge on any atom is -0.294 e. The van der Waals surface area contributed by atoms with Gasteiger partial charge in [0.2, 0.25) is 0 Å². The number of hydrogen-bond acceptors (Lipinski definition) is 2. The Labute approximate surface area is 105 Å². The third-order valence-electron chi connectivity index (χ3n) is 3.34. The first kappa shape index (κ1) is 16.1. The van der Waals surface area contributed by atoms with Crippen LogP contribution in [0.1, 0.15) is 61.8 Å². The van der Waals surface area contributed by atoms with E-state index in [4.69, 9.17) is 0 Å². The Kier molecular flexibility index (Phi) is 4.50. The molecule has 1 aliphatic carbocycles. The summed E-state index contributed by atoms with van der Waals surface area (Å²) in [6, 6.07) is 0. The molecule has 1 rings (SSSR count). The summed E-state index contributed by atoms with van der Waals surface area (Å²) < 4.78 is 0. The van der Waals surface area contributed by atoms with Crippen molar-refractivity contribution >= 4 is 11.6 Å². The maximum absolute atomic E-state index is 12.0. The van der Waals surface area contributed by atoms with Crippen molar-refractivity contribution < 1.29 is 9.59 Å². The number of hydrogen-bond donors (Lipinski definition) is 0. The molecule has 2 heteroatoms. The van der Waals surface area contributed by atoms with E-state index in [1.165, 1.54) is 0 Å². The van der Waals surface area contributed by atoms with E-state index in [0.29, 0.717) is 18.4 Å². The smallest absolute Gasteiger partial charge is 0.166 e. The molecule has 0 spiro atoms. The van der Waals surface area contributed by atoms with Crippen molar-refractivity contribution in [3.63, 3.8) is 0 Å². The lowest BCUT2D eigenvalue weighted by Gasteiger charge is -2.32. The topological polar surface area (TPSA) is 34.1 Å². The van der Waals surface area contributed by atoms with Gasteiger partial charge in [-0.3, -0.25) is 9.59 Å². The summed E-state index contributed by atoms with van der Waals surface area (Å²) in [7, 11) is 0. The zero-order valence-corrected chi connectivity index (χ0v) is 11.2. The van der Waals surface area contributed by atoms with Crippen molar-refractivity contribution in [2.75, 3.05) is 0 Å². The highest BCUT2D eigenvalue weighted by Crippen LogP contribution is 2.38. The molecule has 1 saturated carbocycles. The SMILES string of the molecule is C.CC(=C1C(=O)CC(C)(C)CC1=O)C(C)(C)C. The molecule has 1 aliphatic rings. The summed E-state index contributed by atoms with van der Waals surface area (Å²) in [5.74, 6) is 0.0438. The van der Waals surface area contributed by atoms with E-state index in [-0.39, 0.29) is 29.8 Å². The van der Waals surface area contributed by atoms with Crippen molar-refractivity contribution in [3.05, 3.63) is 11.1 Å². The van der Waals surface area contributed by atoms with Gasteiger partial charge in [-0.15, -0.1) is 0 Å². The highest BCUT2D eigenvalue weighted by molar-refractivity contribution is 6.22. The van der Waals surface area contributed by atoms with Gasteiger partial charge in [-0.05, 0) is 17.8 Å². The van der Waals surface area contributed by atoms with Gasteiger partial charge in [0.1, 0.15) is 0 Å². The molecule has 0 aliphatic heterocycles. The minimum absolute atomic E-state index is 0. The van der Waals surface area contributed by atoms with Gasteiger partial charge >= 0.3 is 0 Å². The fourth-order valence-corrected chi connectivity index (χ4v) is 2.06. The number of carbonyl (C=O) groups is 2. The highest BCUT2D eigenvalue weighted by Gasteiger charge is 2.37. The quantitative estimate of drug-likeness (QED) is 0.473. The Balaban J connectivity index is 0.00000256. The molecule has 0 saturated heterocycles. The molecular formula is C15H26O2. The van der Waals surface area contributed by atoms with E-state index >= 15 is 0 Å². The van der Waals surface area contributed by atoms with Crippen LogP contribution in [0.25, 0.3) is 0 Å². The summed E-state index contributed by atoms with van der Waals surface area (Å²) in [4.78, 5) is 24.1. The van der Waals surface area contributed by atoms with Crippen LogP contribution in [-0.2, 0) is 9.59 Å². The summed E-state index contributed by atoms with van der Waals surface area (Å²) >= 11 is 0. The molecule has 0 unspecified atom stereocenters. The maximum Gasteiger partial charge on any atom is 0.166 e. The average molecular weight is 238 g/mol. The standard InChI is InChI=1S/C14H22O2.CH4/c1-9(13(2,3)4)12-10(15)7-14(5,6)8-11(12)16;/h7-8H2,1-6H3;1H4. The first-order chi connectivity index (χ1) is 7.04. The van der Waals surface area contributed by atoms with Crippen LogP contribution in [-0.4, -0.2) is 11.6 Å². The fraction of sp³-hybridized carbons (Fsp3) is 0.733. The van der Waals surface area contributed by atoms with Crippen molar-refractivity contribution in [1.29, 1.82) is 0 Å². The third-order valence-corrected chi connectivity index (χ3v) is 3.34. The molecular weight excluding hydrogens is 212 g/mol. The van der Waals surface area contributed by atoms with Crippen molar-refractivity contribution in [2.45, 2.75) is 61.8 Å². The molecule has 0 amide bonds. The van der Waals surface area contributed by atoms with Crippen LogP contribution in [0.5, 0.6) is 0 Å². The molecule has 0 N–H and O–H groups in total. The van der Waals surface area contributed by atoms with Crippen molar-refractivity contribution in [3.8, 4) is 0 Å². The largest absolute Gasteiger partial charge is 0.294 e. The molecule has 17 heavy (non-hydrogen) atoms. The molecule has 0 aromatic carbocycles. The van der Waals surface area contributed by atoms with Crippen LogP contribution in [0.4, 0.5) is 0 Å². The number of allylic oxidation sites excluding steroid dienone is 2. The van der Waals surface area contributed by atoms with Gasteiger partial charge in [-0.25, -0.2) is 0 Å². The second-order valence-electron chi connectivity index (χ2n) is 6.61. The Morgan fingerprint density at radius 2 is 1.41 bits per heavy atom. The molecule has 0 bridgehead atoms. The summed E-state index contributed by atoms with van der Waals surface area (Å²) in [5.41, 5.74) is 1.11. The predicted octanol–water partition coefficient (Wildman–Crippen LogP) is 3.94. The predicted molar refractivity (Wildman–Crippen MR) is 71.9 cm³/mol. The van der Waals surface area contributed by atoms with Crippen LogP contribution < -0.4 is 0 Å². The first-order valence-electron chi connectivity index (χ1n) is 5.82. The zero-order chi connectivity index (χ0) is 12.7. The van der Waals surface area contributed by atoms with Gasteiger partial charge in [0.05, 0.1) is 5.57 Å². The molecule has 0 aromatic heterocycles. The van der Waals surface area contributed by atoms with Crippen molar-refractivity contribution in [1.82, 2.24) is 0 Å². The number of Topliss-reactive ketones (excluding diaryl/α,β-unsaturated/α-hetero) is 2. The lowest BCUT2D eigenvalue weighted by Crippen LogP contribution is -2.33. The Morgan fingerprint density at radius 1 is 1.06 bits per heavy atom. The normalized spacial score (nSPS) is 20.0. The molecule has 2 nitrogen and oxygen atoms in total. The van der Waals surface area contributed by atoms with Crippen LogP contribution >= 0.6 is 0 Å². The highest BCUT2D eigenvalue weighted by atomic mass is 16.1. The minimum atomic E-state index is -0.171. The number of rotatable bonds is 0. The van der Waals surface area contributed by atoms with E-state index in [9.17, 15) is 9.59 Å². The molecule has 0 aromatic rings. The molecule has 1 fully saturated rings. The Hall–Kier alpha value is -0.920. The summed E-state index contributed by atoms with van der Waals surface area (Å²) in [5, 5.41) is 0. The maximum atomic E-state index is 12.0. The molecule has 0 heterocycles. The monoisotopic (exact) mass is 238 g/mol. The van der Waals surface area contributed by atoms with Gasteiger partial charge in [0.15, 0.2) is 11.6 Å². The van der Waals surface area contributed by atoms with Crippen LogP contribution in [0, 0.1) is 10.8 Å². The average Bonchev–Trinajstić information content (AvgIpc) is 1.97. The lowest BCUT2D eigenvalue weighted by atomic mass is 9.70. The van der Waals surface area contributed by atoms with E-state index in [0.717, 1.165) is 5.57 Å². The number of carbonyl (C=O) groups excluding carboxylic acids is 2. The van der Waals surface area contributed by atoms with E-state index in [1.54, 1.807) is 0 Å². The van der Waals surface area contributed by atoms with Crippen LogP contribution in [0.3, 0.4) is 0 Å². The van der Waals surface area contributed by atoms with E-state index in [2.05, 4.69) is 0 Å². The third kappa shape index (κ3) is 3.52. The second kappa shape index (κ2) is 4.75. The molecule has 0 radical (unpaired) electrons. The Morgan fingerprint density at radius 3 is 1.71 bits per heavy atom. The first-order valence-corrected chi connectivity index (χ1v) is 5.82. The van der Waals surface area contributed by atoms with Gasteiger partial charge in [-0.1, -0.05) is 47.6 Å². The van der Waals surface area contributed by atoms with Gasteiger partial charge in [-0.2, -0.15) is 0 Å². The Bertz CT molecular complexity index is 343. The van der Waals surface area contributed by atoms with Crippen molar-refractivity contribution in [2.24, 2.45) is 10.8 Å². The van der Waals surface area contributed by atoms with E-state index < -0.39 is 0 Å². The van der Waals surface area contributed by atoms with Gasteiger partial charge in [0.25, 0.3) is 0 Å². The lowest BCUT2D eigenvalue weighted by molar-refractivity contribution is -0.127. The van der Waals surface area contributed by atoms with Gasteiger partial charge < -0.3 is 0 Å². The number of ketones is 2.